The molecular weight excluding hydrogens is 286 g/mol. The molecule has 4 nitrogen and oxygen atoms in total. The smallest absolute Gasteiger partial charge is 0.225 e. The molecule has 0 bridgehead atoms. The van der Waals surface area contributed by atoms with Crippen LogP contribution in [0, 0.1) is 11.8 Å². The molecule has 4 heteroatoms. The number of piperazine rings is 1. The van der Waals surface area contributed by atoms with Crippen molar-refractivity contribution in [1.29, 1.82) is 0 Å². The number of hydrogen-bond donors (Lipinski definition) is 0. The SMILES string of the molecule is CCN1CCN(C(=O)C2CCN(CC3CC=CCC3)CC2)CC1. The Hall–Kier alpha value is -0.870. The van der Waals surface area contributed by atoms with Crippen LogP contribution in [0.4, 0.5) is 0 Å². The first-order valence-electron chi connectivity index (χ1n) is 9.64. The Morgan fingerprint density at radius 3 is 2.30 bits per heavy atom. The first-order valence-corrected chi connectivity index (χ1v) is 9.64. The number of allylic oxidation sites excluding steroid dienone is 2. The maximum absolute atomic E-state index is 12.7. The van der Waals surface area contributed by atoms with Gasteiger partial charge < -0.3 is 14.7 Å². The maximum Gasteiger partial charge on any atom is 0.225 e. The minimum Gasteiger partial charge on any atom is -0.340 e. The maximum atomic E-state index is 12.7. The number of nitrogens with zero attached hydrogens (tertiary/aromatic N) is 3. The van der Waals surface area contributed by atoms with Crippen molar-refractivity contribution in [3.8, 4) is 0 Å². The second kappa shape index (κ2) is 8.29. The van der Waals surface area contributed by atoms with Gasteiger partial charge in [0, 0.05) is 38.6 Å². The summed E-state index contributed by atoms with van der Waals surface area (Å²) in [5.41, 5.74) is 0. The molecule has 1 amide bonds. The van der Waals surface area contributed by atoms with E-state index in [1.165, 1.54) is 25.8 Å². The monoisotopic (exact) mass is 319 g/mol. The van der Waals surface area contributed by atoms with Crippen molar-refractivity contribution in [2.24, 2.45) is 11.8 Å². The van der Waals surface area contributed by atoms with E-state index in [1.807, 2.05) is 0 Å². The zero-order valence-corrected chi connectivity index (χ0v) is 14.8. The molecule has 2 fully saturated rings. The number of rotatable bonds is 4. The molecule has 0 N–H and O–H groups in total. The fourth-order valence-corrected chi connectivity index (χ4v) is 4.29. The van der Waals surface area contributed by atoms with Crippen molar-refractivity contribution in [1.82, 2.24) is 14.7 Å². The van der Waals surface area contributed by atoms with E-state index in [0.717, 1.165) is 64.6 Å². The van der Waals surface area contributed by atoms with Gasteiger partial charge in [0.1, 0.15) is 0 Å². The van der Waals surface area contributed by atoms with Gasteiger partial charge in [0.2, 0.25) is 5.91 Å². The average molecular weight is 319 g/mol. The van der Waals surface area contributed by atoms with Crippen LogP contribution in [0.1, 0.15) is 39.0 Å². The van der Waals surface area contributed by atoms with Crippen molar-refractivity contribution in [3.63, 3.8) is 0 Å². The summed E-state index contributed by atoms with van der Waals surface area (Å²) in [5, 5.41) is 0. The van der Waals surface area contributed by atoms with Crippen LogP contribution in [0.3, 0.4) is 0 Å². The lowest BCUT2D eigenvalue weighted by Gasteiger charge is -2.39. The number of carbonyl (C=O) groups is 1. The summed E-state index contributed by atoms with van der Waals surface area (Å²) in [4.78, 5) is 19.9. The van der Waals surface area contributed by atoms with Crippen LogP contribution in [0.2, 0.25) is 0 Å². The fraction of sp³-hybridized carbons (Fsp3) is 0.842. The third kappa shape index (κ3) is 4.57. The van der Waals surface area contributed by atoms with E-state index in [1.54, 1.807) is 0 Å². The van der Waals surface area contributed by atoms with E-state index in [-0.39, 0.29) is 5.92 Å². The topological polar surface area (TPSA) is 26.8 Å². The number of likely N-dealkylation sites (tertiary alicyclic amines) is 1. The molecule has 3 aliphatic rings. The summed E-state index contributed by atoms with van der Waals surface area (Å²) in [6.07, 6.45) is 10.6. The molecule has 0 spiro atoms. The summed E-state index contributed by atoms with van der Waals surface area (Å²) in [6.45, 7) is 10.7. The molecule has 0 aromatic carbocycles. The van der Waals surface area contributed by atoms with E-state index >= 15 is 0 Å². The van der Waals surface area contributed by atoms with Crippen LogP contribution in [-0.2, 0) is 4.79 Å². The van der Waals surface area contributed by atoms with Crippen LogP contribution < -0.4 is 0 Å². The largest absolute Gasteiger partial charge is 0.340 e. The van der Waals surface area contributed by atoms with Crippen molar-refractivity contribution < 1.29 is 4.79 Å². The van der Waals surface area contributed by atoms with Gasteiger partial charge in [0.05, 0.1) is 0 Å². The van der Waals surface area contributed by atoms with Gasteiger partial charge >= 0.3 is 0 Å². The Kier molecular flexibility index (Phi) is 6.12. The number of carbonyl (C=O) groups excluding carboxylic acids is 1. The average Bonchev–Trinajstić information content (AvgIpc) is 2.63. The zero-order valence-electron chi connectivity index (χ0n) is 14.8. The molecule has 1 aliphatic carbocycles. The van der Waals surface area contributed by atoms with E-state index in [9.17, 15) is 4.79 Å². The van der Waals surface area contributed by atoms with E-state index < -0.39 is 0 Å². The summed E-state index contributed by atoms with van der Waals surface area (Å²) in [5.74, 6) is 1.56. The number of piperidine rings is 1. The van der Waals surface area contributed by atoms with Crippen molar-refractivity contribution in [3.05, 3.63) is 12.2 Å². The Labute approximate surface area is 141 Å². The number of amides is 1. The summed E-state index contributed by atoms with van der Waals surface area (Å²) >= 11 is 0. The molecule has 0 radical (unpaired) electrons. The third-order valence-corrected chi connectivity index (χ3v) is 5.96. The normalized spacial score (nSPS) is 28.2. The van der Waals surface area contributed by atoms with Gasteiger partial charge in [0.25, 0.3) is 0 Å². The predicted octanol–water partition coefficient (Wildman–Crippen LogP) is 2.22. The second-order valence-corrected chi connectivity index (χ2v) is 7.48. The standard InChI is InChI=1S/C19H33N3O/c1-2-20-12-14-22(15-13-20)19(23)18-8-10-21(11-9-18)16-17-6-4-3-5-7-17/h3-4,17-18H,2,5-16H2,1H3. The van der Waals surface area contributed by atoms with Crippen molar-refractivity contribution >= 4 is 5.91 Å². The first kappa shape index (κ1) is 17.0. The molecule has 1 atom stereocenters. The van der Waals surface area contributed by atoms with Crippen LogP contribution in [-0.4, -0.2) is 73.0 Å². The molecular formula is C19H33N3O. The van der Waals surface area contributed by atoms with Crippen LogP contribution in [0.25, 0.3) is 0 Å². The molecule has 1 unspecified atom stereocenters. The van der Waals surface area contributed by atoms with Gasteiger partial charge in [-0.2, -0.15) is 0 Å². The molecule has 0 aromatic rings. The fourth-order valence-electron chi connectivity index (χ4n) is 4.29. The van der Waals surface area contributed by atoms with Crippen molar-refractivity contribution in [2.75, 3.05) is 52.4 Å². The van der Waals surface area contributed by atoms with Gasteiger partial charge in [-0.25, -0.2) is 0 Å². The molecule has 0 saturated carbocycles. The zero-order chi connectivity index (χ0) is 16.1. The van der Waals surface area contributed by atoms with Gasteiger partial charge in [-0.15, -0.1) is 0 Å². The predicted molar refractivity (Wildman–Crippen MR) is 94.3 cm³/mol. The molecule has 0 aromatic heterocycles. The van der Waals surface area contributed by atoms with Crippen LogP contribution in [0.5, 0.6) is 0 Å². The highest BCUT2D eigenvalue weighted by Gasteiger charge is 2.30. The number of likely N-dealkylation sites (N-methyl/N-ethyl adjacent to an activating group) is 1. The molecule has 23 heavy (non-hydrogen) atoms. The lowest BCUT2D eigenvalue weighted by molar-refractivity contribution is -0.138. The lowest BCUT2D eigenvalue weighted by atomic mass is 9.91. The highest BCUT2D eigenvalue weighted by atomic mass is 16.2. The Morgan fingerprint density at radius 2 is 1.70 bits per heavy atom. The van der Waals surface area contributed by atoms with Gasteiger partial charge in [0.15, 0.2) is 0 Å². The highest BCUT2D eigenvalue weighted by Crippen LogP contribution is 2.24. The van der Waals surface area contributed by atoms with E-state index in [4.69, 9.17) is 0 Å². The molecule has 2 aliphatic heterocycles. The Bertz CT molecular complexity index is 407. The first-order chi connectivity index (χ1) is 11.3. The van der Waals surface area contributed by atoms with Crippen LogP contribution >= 0.6 is 0 Å². The Morgan fingerprint density at radius 1 is 0.957 bits per heavy atom. The van der Waals surface area contributed by atoms with Gasteiger partial charge in [-0.3, -0.25) is 4.79 Å². The minimum absolute atomic E-state index is 0.283. The van der Waals surface area contributed by atoms with E-state index in [2.05, 4.69) is 33.8 Å². The van der Waals surface area contributed by atoms with E-state index in [0.29, 0.717) is 5.91 Å². The minimum atomic E-state index is 0.283. The molecule has 2 heterocycles. The summed E-state index contributed by atoms with van der Waals surface area (Å²) in [7, 11) is 0. The lowest BCUT2D eigenvalue weighted by Crippen LogP contribution is -2.51. The summed E-state index contributed by atoms with van der Waals surface area (Å²) in [6, 6.07) is 0. The van der Waals surface area contributed by atoms with Gasteiger partial charge in [-0.1, -0.05) is 19.1 Å². The molecule has 2 saturated heterocycles. The highest BCUT2D eigenvalue weighted by molar-refractivity contribution is 5.79. The molecule has 130 valence electrons. The Balaban J connectivity index is 1.40. The van der Waals surface area contributed by atoms with Gasteiger partial charge in [-0.05, 0) is 57.7 Å². The molecule has 3 rings (SSSR count). The summed E-state index contributed by atoms with van der Waals surface area (Å²) < 4.78 is 0. The second-order valence-electron chi connectivity index (χ2n) is 7.48. The number of hydrogen-bond acceptors (Lipinski definition) is 3. The van der Waals surface area contributed by atoms with Crippen LogP contribution in [0.15, 0.2) is 12.2 Å². The van der Waals surface area contributed by atoms with Crippen molar-refractivity contribution in [2.45, 2.75) is 39.0 Å². The third-order valence-electron chi connectivity index (χ3n) is 5.96. The quantitative estimate of drug-likeness (QED) is 0.744.